The first kappa shape index (κ1) is 30.8. The highest BCUT2D eigenvalue weighted by Gasteiger charge is 2.57. The number of ketones is 1. The maximum atomic E-state index is 13.5. The molecule has 5 atom stereocenters. The van der Waals surface area contributed by atoms with Crippen molar-refractivity contribution < 1.29 is 18.4 Å². The molecule has 3 aliphatic carbocycles. The van der Waals surface area contributed by atoms with Gasteiger partial charge in [-0.05, 0) is 115 Å². The van der Waals surface area contributed by atoms with Crippen LogP contribution in [-0.4, -0.2) is 35.1 Å². The average Bonchev–Trinajstić information content (AvgIpc) is 3.02. The molecule has 3 unspecified atom stereocenters. The molecule has 2 saturated carbocycles. The summed E-state index contributed by atoms with van der Waals surface area (Å²) in [7, 11) is -3.93. The Bertz CT molecular complexity index is 1080. The zero-order valence-corrected chi connectivity index (χ0v) is 29.0. The molecule has 0 radical (unpaired) electrons. The molecule has 0 bridgehead atoms. The lowest BCUT2D eigenvalue weighted by Crippen LogP contribution is -2.50. The van der Waals surface area contributed by atoms with Crippen LogP contribution >= 0.6 is 0 Å². The maximum Gasteiger partial charge on any atom is 0.250 e. The molecule has 2 fully saturated rings. The largest absolute Gasteiger partial charge is 0.541 e. The van der Waals surface area contributed by atoms with Crippen LogP contribution in [0, 0.1) is 17.3 Å². The highest BCUT2D eigenvalue weighted by molar-refractivity contribution is 6.75. The predicted molar refractivity (Wildman–Crippen MR) is 167 cm³/mol. The van der Waals surface area contributed by atoms with Gasteiger partial charge in [0, 0.05) is 12.8 Å². The third-order valence-corrected chi connectivity index (χ3v) is 20.3. The molecule has 0 aromatic heterocycles. The zero-order valence-electron chi connectivity index (χ0n) is 27.0. The summed E-state index contributed by atoms with van der Waals surface area (Å²) in [6.45, 7) is 28.3. The molecule has 0 amide bonds. The van der Waals surface area contributed by atoms with Crippen LogP contribution in [-0.2, 0) is 15.6 Å². The number of hydrogen-bond acceptors (Lipinski definition) is 4. The minimum atomic E-state index is -2.06. The van der Waals surface area contributed by atoms with Gasteiger partial charge >= 0.3 is 0 Å². The lowest BCUT2D eigenvalue weighted by molar-refractivity contribution is -0.121. The number of Topliss-reactive ketones (excluding diaryl/α,β-unsaturated/α-hetero) is 1. The highest BCUT2D eigenvalue weighted by Crippen LogP contribution is 2.62. The fourth-order valence-corrected chi connectivity index (χ4v) is 9.54. The summed E-state index contributed by atoms with van der Waals surface area (Å²) in [5.74, 6) is 3.37. The minimum absolute atomic E-state index is 0.0868. The van der Waals surface area contributed by atoms with Gasteiger partial charge in [-0.1, -0.05) is 48.5 Å². The Hall–Kier alpha value is -1.12. The number of rotatable bonds is 6. The molecular weight excluding hydrogens is 517 g/mol. The Morgan fingerprint density at radius 1 is 0.923 bits per heavy atom. The summed E-state index contributed by atoms with van der Waals surface area (Å²) in [5, 5.41) is 0.291. The van der Waals surface area contributed by atoms with Gasteiger partial charge < -0.3 is 13.6 Å². The van der Waals surface area contributed by atoms with Crippen molar-refractivity contribution in [2.24, 2.45) is 17.3 Å². The minimum Gasteiger partial charge on any atom is -0.541 e. The topological polar surface area (TPSA) is 44.8 Å². The van der Waals surface area contributed by atoms with E-state index < -0.39 is 16.6 Å². The van der Waals surface area contributed by atoms with E-state index in [0.717, 1.165) is 30.8 Å². The summed E-state index contributed by atoms with van der Waals surface area (Å²) in [6, 6.07) is 4.44. The predicted octanol–water partition coefficient (Wildman–Crippen LogP) is 9.28. The van der Waals surface area contributed by atoms with E-state index in [1.807, 2.05) is 6.92 Å². The molecule has 3 aliphatic rings. The Balaban J connectivity index is 1.69. The first-order chi connectivity index (χ1) is 17.8. The van der Waals surface area contributed by atoms with Gasteiger partial charge in [-0.25, -0.2) is 0 Å². The van der Waals surface area contributed by atoms with Gasteiger partial charge in [0.1, 0.15) is 11.5 Å². The second-order valence-electron chi connectivity index (χ2n) is 16.1. The third kappa shape index (κ3) is 5.68. The Kier molecular flexibility index (Phi) is 8.15. The highest BCUT2D eigenvalue weighted by atomic mass is 28.4. The van der Waals surface area contributed by atoms with Gasteiger partial charge in [-0.15, -0.1) is 0 Å². The number of fused-ring (bicyclic) bond motifs is 5. The Morgan fingerprint density at radius 2 is 1.56 bits per heavy atom. The maximum absolute atomic E-state index is 13.5. The summed E-state index contributed by atoms with van der Waals surface area (Å²) < 4.78 is 20.1. The lowest BCUT2D eigenvalue weighted by Gasteiger charge is -2.50. The van der Waals surface area contributed by atoms with E-state index in [-0.39, 0.29) is 15.5 Å². The van der Waals surface area contributed by atoms with Crippen LogP contribution in [0.3, 0.4) is 0 Å². The van der Waals surface area contributed by atoms with Crippen molar-refractivity contribution in [1.29, 1.82) is 0 Å². The smallest absolute Gasteiger partial charge is 0.250 e. The van der Waals surface area contributed by atoms with Crippen LogP contribution < -0.4 is 9.16 Å². The molecular formula is C33H56O4Si2. The van der Waals surface area contributed by atoms with Crippen molar-refractivity contribution >= 4 is 22.4 Å². The molecule has 220 valence electrons. The molecule has 4 rings (SSSR count). The van der Waals surface area contributed by atoms with Crippen molar-refractivity contribution in [2.75, 3.05) is 6.61 Å². The summed E-state index contributed by atoms with van der Waals surface area (Å²) in [6.07, 6.45) is 6.08. The summed E-state index contributed by atoms with van der Waals surface area (Å²) in [4.78, 5) is 13.5. The fraction of sp³-hybridized carbons (Fsp3) is 0.788. The third-order valence-electron chi connectivity index (χ3n) is 11.5. The molecule has 1 aromatic carbocycles. The van der Waals surface area contributed by atoms with Gasteiger partial charge in [0.15, 0.2) is 14.1 Å². The van der Waals surface area contributed by atoms with Crippen LogP contribution in [0.2, 0.25) is 36.3 Å². The van der Waals surface area contributed by atoms with Crippen molar-refractivity contribution in [1.82, 2.24) is 0 Å². The van der Waals surface area contributed by atoms with Crippen molar-refractivity contribution in [3.05, 3.63) is 23.3 Å². The van der Waals surface area contributed by atoms with Gasteiger partial charge in [0.25, 0.3) is 8.32 Å². The van der Waals surface area contributed by atoms with E-state index in [1.165, 1.54) is 17.5 Å². The van der Waals surface area contributed by atoms with E-state index in [0.29, 0.717) is 49.1 Å². The summed E-state index contributed by atoms with van der Waals surface area (Å²) in [5.41, 5.74) is 2.66. The Morgan fingerprint density at radius 3 is 2.15 bits per heavy atom. The van der Waals surface area contributed by atoms with E-state index in [9.17, 15) is 4.79 Å². The molecule has 1 aromatic rings. The number of hydrogen-bond donors (Lipinski definition) is 0. The van der Waals surface area contributed by atoms with Crippen LogP contribution in [0.5, 0.6) is 11.5 Å². The van der Waals surface area contributed by atoms with Crippen molar-refractivity contribution in [2.45, 2.75) is 142 Å². The molecule has 4 nitrogen and oxygen atoms in total. The molecule has 0 heterocycles. The van der Waals surface area contributed by atoms with E-state index in [4.69, 9.17) is 13.6 Å². The van der Waals surface area contributed by atoms with E-state index in [2.05, 4.69) is 86.8 Å². The number of ether oxygens (including phenoxy) is 1. The molecule has 0 saturated heterocycles. The first-order valence-electron chi connectivity index (χ1n) is 15.5. The van der Waals surface area contributed by atoms with Gasteiger partial charge in [0.2, 0.25) is 0 Å². The normalized spacial score (nSPS) is 29.8. The van der Waals surface area contributed by atoms with Crippen LogP contribution in [0.25, 0.3) is 0 Å². The molecule has 0 aliphatic heterocycles. The average molecular weight is 573 g/mol. The molecule has 6 heteroatoms. The van der Waals surface area contributed by atoms with E-state index in [1.54, 1.807) is 0 Å². The van der Waals surface area contributed by atoms with Gasteiger partial charge in [-0.3, -0.25) is 4.79 Å². The first-order valence-corrected chi connectivity index (χ1v) is 21.3. The monoisotopic (exact) mass is 572 g/mol. The Labute approximate surface area is 241 Å². The van der Waals surface area contributed by atoms with Crippen molar-refractivity contribution in [3.8, 4) is 11.5 Å². The van der Waals surface area contributed by atoms with Crippen LogP contribution in [0.1, 0.15) is 105 Å². The van der Waals surface area contributed by atoms with Crippen LogP contribution in [0.15, 0.2) is 12.1 Å². The van der Waals surface area contributed by atoms with E-state index >= 15 is 0 Å². The van der Waals surface area contributed by atoms with Gasteiger partial charge in [-0.2, -0.15) is 0 Å². The quantitative estimate of drug-likeness (QED) is 0.319. The number of carbonyl (C=O) groups excluding carboxylic acids is 1. The summed E-state index contributed by atoms with van der Waals surface area (Å²) >= 11 is 0. The van der Waals surface area contributed by atoms with Crippen LogP contribution in [0.4, 0.5) is 0 Å². The fourth-order valence-electron chi connectivity index (χ4n) is 7.08. The molecule has 39 heavy (non-hydrogen) atoms. The second-order valence-corrected chi connectivity index (χ2v) is 25.6. The second kappa shape index (κ2) is 10.3. The molecule has 0 N–H and O–H groups in total. The lowest BCUT2D eigenvalue weighted by atomic mass is 9.58. The SMILES string of the molecule is CCOc1cc2c(cc1O[Si](C)(C)C(C)(C)C)CC(=O)CC1C2CC[C@@]2(C)C1CC[C@@H]2O[Si](C)(C)C(C)(C)C. The van der Waals surface area contributed by atoms with Gasteiger partial charge in [0.05, 0.1) is 12.7 Å². The molecule has 0 spiro atoms. The standard InChI is InChI=1S/C33H56O4Si2/c1-13-35-28-21-25-22(19-29(28)36-38(9,10)31(2,3)4)18-23(34)20-26-24(25)16-17-33(8)27(26)14-15-30(33)37-39(11,12)32(5,6)7/h19,21,24,26-27,30H,13-18,20H2,1-12H3/t24?,26?,27?,30-,33-/m0/s1. The number of benzene rings is 1. The van der Waals surface area contributed by atoms with Crippen molar-refractivity contribution in [3.63, 3.8) is 0 Å². The number of carbonyl (C=O) groups is 1. The zero-order chi connectivity index (χ0) is 29.2.